The maximum atomic E-state index is 11.9. The molecule has 0 saturated carbocycles. The monoisotopic (exact) mass is 310 g/mol. The standard InChI is InChI=1S/C19H22N2O2/c1-14-4-3-5-15(12-14)8-11-18(22)21-13-16-6-9-17(10-7-16)19(23)20-2/h3-7,9-10,12H,8,11,13H2,1-2H3,(H,20,23)(H,21,22). The number of amides is 2. The molecule has 0 heterocycles. The highest BCUT2D eigenvalue weighted by Gasteiger charge is 2.05. The van der Waals surface area contributed by atoms with Gasteiger partial charge in [0.25, 0.3) is 5.91 Å². The molecule has 0 radical (unpaired) electrons. The molecule has 120 valence electrons. The fourth-order valence-electron chi connectivity index (χ4n) is 2.33. The van der Waals surface area contributed by atoms with E-state index in [1.807, 2.05) is 37.3 Å². The SMILES string of the molecule is CNC(=O)c1ccc(CNC(=O)CCc2cccc(C)c2)cc1. The number of carbonyl (C=O) groups is 2. The Hall–Kier alpha value is -2.62. The van der Waals surface area contributed by atoms with Gasteiger partial charge in [-0.15, -0.1) is 0 Å². The van der Waals surface area contributed by atoms with Gasteiger partial charge in [0.1, 0.15) is 0 Å². The van der Waals surface area contributed by atoms with Crippen LogP contribution >= 0.6 is 0 Å². The third kappa shape index (κ3) is 5.25. The van der Waals surface area contributed by atoms with E-state index in [1.165, 1.54) is 11.1 Å². The highest BCUT2D eigenvalue weighted by atomic mass is 16.2. The molecule has 4 heteroatoms. The number of benzene rings is 2. The van der Waals surface area contributed by atoms with E-state index in [9.17, 15) is 9.59 Å². The zero-order valence-corrected chi connectivity index (χ0v) is 13.6. The molecular weight excluding hydrogens is 288 g/mol. The second kappa shape index (κ2) is 8.13. The van der Waals surface area contributed by atoms with Crippen molar-refractivity contribution in [3.8, 4) is 0 Å². The van der Waals surface area contributed by atoms with Crippen LogP contribution in [0.5, 0.6) is 0 Å². The molecule has 2 amide bonds. The average molecular weight is 310 g/mol. The molecule has 4 nitrogen and oxygen atoms in total. The number of aryl methyl sites for hydroxylation is 2. The molecule has 0 aromatic heterocycles. The molecule has 2 rings (SSSR count). The molecular formula is C19H22N2O2. The van der Waals surface area contributed by atoms with Gasteiger partial charge in [0.2, 0.25) is 5.91 Å². The Morgan fingerprint density at radius 1 is 1.00 bits per heavy atom. The molecule has 0 aliphatic heterocycles. The van der Waals surface area contributed by atoms with Gasteiger partial charge in [-0.2, -0.15) is 0 Å². The van der Waals surface area contributed by atoms with Crippen molar-refractivity contribution in [2.75, 3.05) is 7.05 Å². The molecule has 2 N–H and O–H groups in total. The van der Waals surface area contributed by atoms with E-state index in [4.69, 9.17) is 0 Å². The quantitative estimate of drug-likeness (QED) is 0.861. The van der Waals surface area contributed by atoms with Crippen molar-refractivity contribution in [1.29, 1.82) is 0 Å². The number of nitrogens with one attached hydrogen (secondary N) is 2. The average Bonchev–Trinajstić information content (AvgIpc) is 2.58. The molecule has 0 aliphatic rings. The van der Waals surface area contributed by atoms with Crippen molar-refractivity contribution in [1.82, 2.24) is 10.6 Å². The number of hydrogen-bond acceptors (Lipinski definition) is 2. The number of carbonyl (C=O) groups excluding carboxylic acids is 2. The van der Waals surface area contributed by atoms with Crippen molar-refractivity contribution in [2.45, 2.75) is 26.3 Å². The van der Waals surface area contributed by atoms with E-state index in [-0.39, 0.29) is 11.8 Å². The van der Waals surface area contributed by atoms with Crippen LogP contribution in [0.15, 0.2) is 48.5 Å². The van der Waals surface area contributed by atoms with E-state index >= 15 is 0 Å². The van der Waals surface area contributed by atoms with Crippen LogP contribution in [0.2, 0.25) is 0 Å². The molecule has 23 heavy (non-hydrogen) atoms. The minimum Gasteiger partial charge on any atom is -0.355 e. The minimum atomic E-state index is -0.112. The van der Waals surface area contributed by atoms with Crippen LogP contribution in [0.4, 0.5) is 0 Å². The van der Waals surface area contributed by atoms with Crippen molar-refractivity contribution in [2.24, 2.45) is 0 Å². The van der Waals surface area contributed by atoms with Gasteiger partial charge in [0, 0.05) is 25.6 Å². The number of hydrogen-bond donors (Lipinski definition) is 2. The molecule has 2 aromatic rings. The van der Waals surface area contributed by atoms with E-state index < -0.39 is 0 Å². The molecule has 0 atom stereocenters. The van der Waals surface area contributed by atoms with Crippen LogP contribution in [-0.2, 0) is 17.8 Å². The van der Waals surface area contributed by atoms with Gasteiger partial charge in [-0.1, -0.05) is 42.0 Å². The third-order valence-electron chi connectivity index (χ3n) is 3.66. The fourth-order valence-corrected chi connectivity index (χ4v) is 2.33. The van der Waals surface area contributed by atoms with Crippen molar-refractivity contribution >= 4 is 11.8 Å². The molecule has 0 saturated heterocycles. The van der Waals surface area contributed by atoms with E-state index in [0.717, 1.165) is 12.0 Å². The van der Waals surface area contributed by atoms with Gasteiger partial charge in [-0.25, -0.2) is 0 Å². The molecule has 0 fully saturated rings. The summed E-state index contributed by atoms with van der Waals surface area (Å²) in [5, 5.41) is 5.49. The lowest BCUT2D eigenvalue weighted by Gasteiger charge is -2.07. The van der Waals surface area contributed by atoms with Crippen molar-refractivity contribution in [3.63, 3.8) is 0 Å². The van der Waals surface area contributed by atoms with Crippen LogP contribution in [0.3, 0.4) is 0 Å². The first-order chi connectivity index (χ1) is 11.1. The zero-order chi connectivity index (χ0) is 16.7. The summed E-state index contributed by atoms with van der Waals surface area (Å²) in [6.45, 7) is 2.52. The lowest BCUT2D eigenvalue weighted by Crippen LogP contribution is -2.23. The van der Waals surface area contributed by atoms with Crippen LogP contribution in [0.1, 0.15) is 33.5 Å². The molecule has 0 aliphatic carbocycles. The molecule has 0 spiro atoms. The van der Waals surface area contributed by atoms with E-state index in [2.05, 4.69) is 16.7 Å². The summed E-state index contributed by atoms with van der Waals surface area (Å²) in [4.78, 5) is 23.4. The number of rotatable bonds is 6. The van der Waals surface area contributed by atoms with Crippen molar-refractivity contribution < 1.29 is 9.59 Å². The molecule has 2 aromatic carbocycles. The second-order valence-electron chi connectivity index (χ2n) is 5.54. The highest BCUT2D eigenvalue weighted by molar-refractivity contribution is 5.93. The van der Waals surface area contributed by atoms with Crippen LogP contribution in [0, 0.1) is 6.92 Å². The van der Waals surface area contributed by atoms with E-state index in [1.54, 1.807) is 19.2 Å². The fraction of sp³-hybridized carbons (Fsp3) is 0.263. The Bertz CT molecular complexity index is 678. The summed E-state index contributed by atoms with van der Waals surface area (Å²) >= 11 is 0. The smallest absolute Gasteiger partial charge is 0.251 e. The Labute approximate surface area is 136 Å². The summed E-state index contributed by atoms with van der Waals surface area (Å²) in [5.74, 6) is -0.0828. The topological polar surface area (TPSA) is 58.2 Å². The first-order valence-corrected chi connectivity index (χ1v) is 7.72. The molecule has 0 unspecified atom stereocenters. The summed E-state index contributed by atoms with van der Waals surface area (Å²) in [6.07, 6.45) is 1.21. The van der Waals surface area contributed by atoms with Crippen molar-refractivity contribution in [3.05, 3.63) is 70.8 Å². The normalized spacial score (nSPS) is 10.2. The predicted molar refractivity (Wildman–Crippen MR) is 91.2 cm³/mol. The third-order valence-corrected chi connectivity index (χ3v) is 3.66. The summed E-state index contributed by atoms with van der Waals surface area (Å²) in [6, 6.07) is 15.4. The first kappa shape index (κ1) is 16.7. The van der Waals surface area contributed by atoms with E-state index in [0.29, 0.717) is 18.5 Å². The highest BCUT2D eigenvalue weighted by Crippen LogP contribution is 2.07. The van der Waals surface area contributed by atoms with Gasteiger partial charge in [-0.3, -0.25) is 9.59 Å². The predicted octanol–water partition coefficient (Wildman–Crippen LogP) is 2.60. The maximum Gasteiger partial charge on any atom is 0.251 e. The first-order valence-electron chi connectivity index (χ1n) is 7.72. The van der Waals surface area contributed by atoms with Crippen LogP contribution < -0.4 is 10.6 Å². The summed E-state index contributed by atoms with van der Waals surface area (Å²) in [7, 11) is 1.60. The zero-order valence-electron chi connectivity index (χ0n) is 13.6. The Kier molecular flexibility index (Phi) is 5.92. The lowest BCUT2D eigenvalue weighted by atomic mass is 10.1. The van der Waals surface area contributed by atoms with Crippen LogP contribution in [-0.4, -0.2) is 18.9 Å². The largest absolute Gasteiger partial charge is 0.355 e. The lowest BCUT2D eigenvalue weighted by molar-refractivity contribution is -0.121. The molecule has 0 bridgehead atoms. The van der Waals surface area contributed by atoms with Gasteiger partial charge >= 0.3 is 0 Å². The van der Waals surface area contributed by atoms with Gasteiger partial charge in [0.05, 0.1) is 0 Å². The second-order valence-corrected chi connectivity index (χ2v) is 5.54. The Balaban J connectivity index is 1.79. The summed E-state index contributed by atoms with van der Waals surface area (Å²) in [5.41, 5.74) is 3.97. The van der Waals surface area contributed by atoms with Gasteiger partial charge < -0.3 is 10.6 Å². The van der Waals surface area contributed by atoms with Gasteiger partial charge in [0.15, 0.2) is 0 Å². The summed E-state index contributed by atoms with van der Waals surface area (Å²) < 4.78 is 0. The minimum absolute atomic E-state index is 0.0295. The van der Waals surface area contributed by atoms with Crippen LogP contribution in [0.25, 0.3) is 0 Å². The Morgan fingerprint density at radius 2 is 1.74 bits per heavy atom. The Morgan fingerprint density at radius 3 is 2.39 bits per heavy atom. The maximum absolute atomic E-state index is 11.9. The van der Waals surface area contributed by atoms with Gasteiger partial charge in [-0.05, 0) is 36.6 Å².